The molecule has 0 aromatic heterocycles. The van der Waals surface area contributed by atoms with Gasteiger partial charge in [0.05, 0.1) is 18.8 Å². The summed E-state index contributed by atoms with van der Waals surface area (Å²) in [5.74, 6) is -0.0792. The third kappa shape index (κ3) is 5.19. The Bertz CT molecular complexity index is 878. The van der Waals surface area contributed by atoms with Crippen molar-refractivity contribution in [2.75, 3.05) is 26.3 Å². The molecular formula is C20H17BrClNO4. The van der Waals surface area contributed by atoms with Crippen molar-refractivity contribution in [1.29, 1.82) is 0 Å². The van der Waals surface area contributed by atoms with Gasteiger partial charge in [0.1, 0.15) is 5.75 Å². The van der Waals surface area contributed by atoms with E-state index >= 15 is 0 Å². The zero-order valence-electron chi connectivity index (χ0n) is 14.4. The van der Waals surface area contributed by atoms with E-state index in [0.717, 1.165) is 5.56 Å². The lowest BCUT2D eigenvalue weighted by molar-refractivity contribution is 0.0415. The lowest BCUT2D eigenvalue weighted by Crippen LogP contribution is -2.42. The zero-order valence-corrected chi connectivity index (χ0v) is 16.7. The number of nitrogens with zero attached hydrogens (tertiary/aromatic N) is 1. The SMILES string of the molecule is O=C(C=Cc1ccccc1Cl)c1cc(Br)ccc1OC(=O)N1CCOCC1. The summed E-state index contributed by atoms with van der Waals surface area (Å²) in [5.41, 5.74) is 1.02. The minimum atomic E-state index is -0.496. The molecule has 1 amide bonds. The van der Waals surface area contributed by atoms with Gasteiger partial charge in [-0.25, -0.2) is 4.79 Å². The van der Waals surface area contributed by atoms with Crippen LogP contribution in [-0.2, 0) is 4.74 Å². The Kier molecular flexibility index (Phi) is 6.66. The second-order valence-electron chi connectivity index (χ2n) is 5.83. The van der Waals surface area contributed by atoms with Gasteiger partial charge in [-0.1, -0.05) is 45.7 Å². The van der Waals surface area contributed by atoms with Crippen LogP contribution in [0.1, 0.15) is 15.9 Å². The third-order valence-electron chi connectivity index (χ3n) is 3.99. The molecule has 2 aromatic rings. The Balaban J connectivity index is 1.80. The molecule has 1 heterocycles. The number of benzene rings is 2. The van der Waals surface area contributed by atoms with E-state index in [0.29, 0.717) is 35.8 Å². The van der Waals surface area contributed by atoms with E-state index in [2.05, 4.69) is 15.9 Å². The zero-order chi connectivity index (χ0) is 19.2. The summed E-state index contributed by atoms with van der Waals surface area (Å²) < 4.78 is 11.4. The summed E-state index contributed by atoms with van der Waals surface area (Å²) >= 11 is 9.46. The molecule has 0 atom stereocenters. The van der Waals surface area contributed by atoms with Crippen molar-refractivity contribution < 1.29 is 19.1 Å². The van der Waals surface area contributed by atoms with Gasteiger partial charge >= 0.3 is 6.09 Å². The molecule has 27 heavy (non-hydrogen) atoms. The summed E-state index contributed by atoms with van der Waals surface area (Å²) in [6.07, 6.45) is 2.55. The number of hydrogen-bond donors (Lipinski definition) is 0. The van der Waals surface area contributed by atoms with Crippen LogP contribution in [0.25, 0.3) is 6.08 Å². The monoisotopic (exact) mass is 449 g/mol. The van der Waals surface area contributed by atoms with E-state index in [-0.39, 0.29) is 17.1 Å². The van der Waals surface area contributed by atoms with E-state index in [4.69, 9.17) is 21.1 Å². The predicted molar refractivity (Wildman–Crippen MR) is 107 cm³/mol. The average Bonchev–Trinajstić information content (AvgIpc) is 2.69. The Labute approximate surface area is 170 Å². The number of carbonyl (C=O) groups is 2. The molecule has 0 saturated carbocycles. The van der Waals surface area contributed by atoms with Crippen molar-refractivity contribution in [3.63, 3.8) is 0 Å². The van der Waals surface area contributed by atoms with Crippen LogP contribution in [0.3, 0.4) is 0 Å². The average molecular weight is 451 g/mol. The van der Waals surface area contributed by atoms with Crippen LogP contribution in [0, 0.1) is 0 Å². The normalized spacial score (nSPS) is 14.4. The van der Waals surface area contributed by atoms with Crippen molar-refractivity contribution in [2.45, 2.75) is 0 Å². The fraction of sp³-hybridized carbons (Fsp3) is 0.200. The number of ether oxygens (including phenoxy) is 2. The van der Waals surface area contributed by atoms with Crippen LogP contribution in [0.15, 0.2) is 53.0 Å². The first-order chi connectivity index (χ1) is 13.0. The number of rotatable bonds is 4. The molecule has 3 rings (SSSR count). The highest BCUT2D eigenvalue weighted by molar-refractivity contribution is 9.10. The van der Waals surface area contributed by atoms with E-state index < -0.39 is 6.09 Å². The number of ketones is 1. The van der Waals surface area contributed by atoms with Gasteiger partial charge in [-0.05, 0) is 42.0 Å². The molecule has 0 spiro atoms. The highest BCUT2D eigenvalue weighted by atomic mass is 79.9. The molecule has 0 N–H and O–H groups in total. The summed E-state index contributed by atoms with van der Waals surface area (Å²) in [7, 11) is 0. The van der Waals surface area contributed by atoms with Crippen LogP contribution < -0.4 is 4.74 Å². The fourth-order valence-corrected chi connectivity index (χ4v) is 3.11. The molecule has 1 aliphatic rings. The Hall–Kier alpha value is -2.15. The van der Waals surface area contributed by atoms with Crippen LogP contribution >= 0.6 is 27.5 Å². The quantitative estimate of drug-likeness (QED) is 0.494. The Morgan fingerprint density at radius 3 is 2.63 bits per heavy atom. The Morgan fingerprint density at radius 1 is 1.15 bits per heavy atom. The highest BCUT2D eigenvalue weighted by Crippen LogP contribution is 2.26. The molecular weight excluding hydrogens is 434 g/mol. The maximum Gasteiger partial charge on any atom is 0.415 e. The standard InChI is InChI=1S/C20H17BrClNO4/c21-15-6-8-19(27-20(25)23-9-11-26-12-10-23)16(13-15)18(24)7-5-14-3-1-2-4-17(14)22/h1-8,13H,9-12H2. The Morgan fingerprint density at radius 2 is 1.89 bits per heavy atom. The van der Waals surface area contributed by atoms with E-state index in [1.165, 1.54) is 6.08 Å². The second kappa shape index (κ2) is 9.17. The summed E-state index contributed by atoms with van der Waals surface area (Å²) in [6, 6.07) is 12.2. The predicted octanol–water partition coefficient (Wildman–Crippen LogP) is 4.83. The van der Waals surface area contributed by atoms with Crippen LogP contribution in [0.5, 0.6) is 5.75 Å². The molecule has 0 bridgehead atoms. The molecule has 2 aromatic carbocycles. The number of morpholine rings is 1. The first kappa shape index (κ1) is 19.6. The number of carbonyl (C=O) groups excluding carboxylic acids is 2. The van der Waals surface area contributed by atoms with E-state index in [1.807, 2.05) is 18.2 Å². The van der Waals surface area contributed by atoms with E-state index in [1.54, 1.807) is 35.2 Å². The van der Waals surface area contributed by atoms with Gasteiger partial charge in [0.15, 0.2) is 5.78 Å². The van der Waals surface area contributed by atoms with Crippen molar-refractivity contribution in [1.82, 2.24) is 4.90 Å². The van der Waals surface area contributed by atoms with Crippen LogP contribution in [0.4, 0.5) is 4.79 Å². The molecule has 0 radical (unpaired) electrons. The third-order valence-corrected chi connectivity index (χ3v) is 4.83. The number of amides is 1. The lowest BCUT2D eigenvalue weighted by atomic mass is 10.1. The van der Waals surface area contributed by atoms with Gasteiger partial charge in [-0.15, -0.1) is 0 Å². The van der Waals surface area contributed by atoms with Crippen molar-refractivity contribution in [3.05, 3.63) is 69.2 Å². The highest BCUT2D eigenvalue weighted by Gasteiger charge is 2.21. The van der Waals surface area contributed by atoms with E-state index in [9.17, 15) is 9.59 Å². The van der Waals surface area contributed by atoms with Gasteiger partial charge in [0, 0.05) is 22.6 Å². The van der Waals surface area contributed by atoms with Gasteiger partial charge in [0.2, 0.25) is 0 Å². The molecule has 0 aliphatic carbocycles. The second-order valence-corrected chi connectivity index (χ2v) is 7.15. The molecule has 1 aliphatic heterocycles. The molecule has 7 heteroatoms. The van der Waals surface area contributed by atoms with Gasteiger partial charge in [-0.3, -0.25) is 4.79 Å². The van der Waals surface area contributed by atoms with Crippen molar-refractivity contribution >= 4 is 45.5 Å². The maximum atomic E-state index is 12.7. The van der Waals surface area contributed by atoms with Crippen molar-refractivity contribution in [3.8, 4) is 5.75 Å². The van der Waals surface area contributed by atoms with Crippen LogP contribution in [-0.4, -0.2) is 43.1 Å². The maximum absolute atomic E-state index is 12.7. The van der Waals surface area contributed by atoms with Crippen LogP contribution in [0.2, 0.25) is 5.02 Å². The first-order valence-electron chi connectivity index (χ1n) is 8.35. The number of hydrogen-bond acceptors (Lipinski definition) is 4. The molecule has 0 unspecified atom stereocenters. The lowest BCUT2D eigenvalue weighted by Gasteiger charge is -2.26. The molecule has 140 valence electrons. The minimum absolute atomic E-state index is 0.212. The number of halogens is 2. The largest absolute Gasteiger partial charge is 0.415 e. The van der Waals surface area contributed by atoms with Gasteiger partial charge in [-0.2, -0.15) is 0 Å². The molecule has 1 saturated heterocycles. The first-order valence-corrected chi connectivity index (χ1v) is 9.52. The summed E-state index contributed by atoms with van der Waals surface area (Å²) in [4.78, 5) is 26.6. The fourth-order valence-electron chi connectivity index (χ4n) is 2.55. The van der Waals surface area contributed by atoms with Gasteiger partial charge in [0.25, 0.3) is 0 Å². The number of allylic oxidation sites excluding steroid dienone is 1. The summed E-state index contributed by atoms with van der Waals surface area (Å²) in [5, 5.41) is 0.551. The summed E-state index contributed by atoms with van der Waals surface area (Å²) in [6.45, 7) is 1.87. The smallest absolute Gasteiger partial charge is 0.409 e. The van der Waals surface area contributed by atoms with Crippen molar-refractivity contribution in [2.24, 2.45) is 0 Å². The topological polar surface area (TPSA) is 55.8 Å². The van der Waals surface area contributed by atoms with Gasteiger partial charge < -0.3 is 14.4 Å². The molecule has 1 fully saturated rings. The minimum Gasteiger partial charge on any atom is -0.409 e. The molecule has 5 nitrogen and oxygen atoms in total.